The fourth-order valence-corrected chi connectivity index (χ4v) is 1.44. The molecule has 0 saturated heterocycles. The van der Waals surface area contributed by atoms with Crippen LogP contribution >= 0.6 is 11.6 Å². The summed E-state index contributed by atoms with van der Waals surface area (Å²) in [6, 6.07) is 7.52. The molecule has 0 amide bonds. The second-order valence-corrected chi connectivity index (χ2v) is 3.55. The van der Waals surface area contributed by atoms with Crippen LogP contribution in [0.1, 0.15) is 11.5 Å². The molecule has 0 N–H and O–H groups in total. The van der Waals surface area contributed by atoms with E-state index >= 15 is 0 Å². The summed E-state index contributed by atoms with van der Waals surface area (Å²) in [6.07, 6.45) is 0. The van der Waals surface area contributed by atoms with Gasteiger partial charge >= 0.3 is 0 Å². The van der Waals surface area contributed by atoms with Crippen molar-refractivity contribution in [1.29, 1.82) is 0 Å². The molecule has 2 aromatic rings. The van der Waals surface area contributed by atoms with Gasteiger partial charge < -0.3 is 4.42 Å². The SMILES string of the molecule is Cc1nc(-c2ccccc2Cl)oc1C. The Morgan fingerprint density at radius 2 is 1.93 bits per heavy atom. The maximum absolute atomic E-state index is 6.02. The van der Waals surface area contributed by atoms with Crippen LogP contribution in [0.5, 0.6) is 0 Å². The molecule has 0 radical (unpaired) electrons. The number of rotatable bonds is 1. The standard InChI is InChI=1S/C11H10ClNO/c1-7-8(2)14-11(13-7)9-5-3-4-6-10(9)12/h3-6H,1-2H3. The molecule has 2 rings (SSSR count). The minimum Gasteiger partial charge on any atom is -0.441 e. The van der Waals surface area contributed by atoms with E-state index in [1.165, 1.54) is 0 Å². The van der Waals surface area contributed by atoms with E-state index in [1.807, 2.05) is 38.1 Å². The molecule has 0 saturated carbocycles. The molecule has 0 aliphatic carbocycles. The number of halogens is 1. The van der Waals surface area contributed by atoms with Crippen LogP contribution in [0.25, 0.3) is 11.5 Å². The fourth-order valence-electron chi connectivity index (χ4n) is 1.22. The molecule has 0 spiro atoms. The normalized spacial score (nSPS) is 10.5. The Balaban J connectivity index is 2.55. The summed E-state index contributed by atoms with van der Waals surface area (Å²) in [5, 5.41) is 0.661. The third-order valence-electron chi connectivity index (χ3n) is 2.13. The molecule has 0 aliphatic rings. The van der Waals surface area contributed by atoms with Gasteiger partial charge in [-0.3, -0.25) is 0 Å². The van der Waals surface area contributed by atoms with E-state index in [-0.39, 0.29) is 0 Å². The molecule has 0 unspecified atom stereocenters. The second kappa shape index (κ2) is 3.46. The number of benzene rings is 1. The Labute approximate surface area is 87.5 Å². The molecule has 0 bridgehead atoms. The van der Waals surface area contributed by atoms with E-state index in [0.717, 1.165) is 17.0 Å². The molecule has 0 fully saturated rings. The van der Waals surface area contributed by atoms with Crippen LogP contribution in [-0.2, 0) is 0 Å². The monoisotopic (exact) mass is 207 g/mol. The third kappa shape index (κ3) is 1.53. The Morgan fingerprint density at radius 3 is 2.50 bits per heavy atom. The van der Waals surface area contributed by atoms with Crippen molar-refractivity contribution in [3.63, 3.8) is 0 Å². The molecule has 14 heavy (non-hydrogen) atoms. The van der Waals surface area contributed by atoms with E-state index in [9.17, 15) is 0 Å². The average Bonchev–Trinajstić information content (AvgIpc) is 2.48. The fraction of sp³-hybridized carbons (Fsp3) is 0.182. The topological polar surface area (TPSA) is 26.0 Å². The van der Waals surface area contributed by atoms with Crippen LogP contribution in [0.3, 0.4) is 0 Å². The lowest BCUT2D eigenvalue weighted by Gasteiger charge is -1.96. The molecule has 1 aromatic heterocycles. The van der Waals surface area contributed by atoms with Crippen LogP contribution in [0.4, 0.5) is 0 Å². The molecule has 2 nitrogen and oxygen atoms in total. The minimum atomic E-state index is 0.589. The number of hydrogen-bond donors (Lipinski definition) is 0. The first-order chi connectivity index (χ1) is 6.68. The number of oxazole rings is 1. The average molecular weight is 208 g/mol. The maximum atomic E-state index is 6.02. The van der Waals surface area contributed by atoms with Crippen LogP contribution in [0.15, 0.2) is 28.7 Å². The zero-order chi connectivity index (χ0) is 10.1. The number of aromatic nitrogens is 1. The predicted octanol–water partition coefficient (Wildman–Crippen LogP) is 3.61. The lowest BCUT2D eigenvalue weighted by molar-refractivity contribution is 0.541. The van der Waals surface area contributed by atoms with E-state index in [4.69, 9.17) is 16.0 Å². The largest absolute Gasteiger partial charge is 0.441 e. The van der Waals surface area contributed by atoms with Crippen LogP contribution in [-0.4, -0.2) is 4.98 Å². The molecule has 1 heterocycles. The predicted molar refractivity (Wildman–Crippen MR) is 56.4 cm³/mol. The molecule has 3 heteroatoms. The van der Waals surface area contributed by atoms with Crippen molar-refractivity contribution in [1.82, 2.24) is 4.98 Å². The van der Waals surface area contributed by atoms with Crippen molar-refractivity contribution >= 4 is 11.6 Å². The Hall–Kier alpha value is -1.28. The first kappa shape index (κ1) is 9.28. The lowest BCUT2D eigenvalue weighted by atomic mass is 10.2. The number of aryl methyl sites for hydroxylation is 2. The molecule has 0 atom stereocenters. The summed E-state index contributed by atoms with van der Waals surface area (Å²) in [4.78, 5) is 4.29. The first-order valence-electron chi connectivity index (χ1n) is 4.37. The van der Waals surface area contributed by atoms with Crippen LogP contribution in [0, 0.1) is 13.8 Å². The van der Waals surface area contributed by atoms with Crippen LogP contribution in [0.2, 0.25) is 5.02 Å². The quantitative estimate of drug-likeness (QED) is 0.714. The highest BCUT2D eigenvalue weighted by molar-refractivity contribution is 6.33. The lowest BCUT2D eigenvalue weighted by Crippen LogP contribution is -1.78. The minimum absolute atomic E-state index is 0.589. The highest BCUT2D eigenvalue weighted by Gasteiger charge is 2.10. The van der Waals surface area contributed by atoms with E-state index in [1.54, 1.807) is 0 Å². The van der Waals surface area contributed by atoms with Gasteiger partial charge in [0.1, 0.15) is 5.76 Å². The highest BCUT2D eigenvalue weighted by Crippen LogP contribution is 2.27. The summed E-state index contributed by atoms with van der Waals surface area (Å²) in [5.41, 5.74) is 1.74. The third-order valence-corrected chi connectivity index (χ3v) is 2.46. The Kier molecular flexibility index (Phi) is 2.30. The van der Waals surface area contributed by atoms with Crippen molar-refractivity contribution in [2.45, 2.75) is 13.8 Å². The zero-order valence-corrected chi connectivity index (χ0v) is 8.80. The number of hydrogen-bond acceptors (Lipinski definition) is 2. The summed E-state index contributed by atoms with van der Waals surface area (Å²) in [7, 11) is 0. The summed E-state index contributed by atoms with van der Waals surface area (Å²) in [5.74, 6) is 1.42. The smallest absolute Gasteiger partial charge is 0.227 e. The van der Waals surface area contributed by atoms with Gasteiger partial charge in [0.15, 0.2) is 0 Å². The first-order valence-corrected chi connectivity index (χ1v) is 4.75. The summed E-state index contributed by atoms with van der Waals surface area (Å²) >= 11 is 6.02. The van der Waals surface area contributed by atoms with Crippen molar-refractivity contribution in [3.8, 4) is 11.5 Å². The van der Waals surface area contributed by atoms with Crippen molar-refractivity contribution in [3.05, 3.63) is 40.7 Å². The highest BCUT2D eigenvalue weighted by atomic mass is 35.5. The van der Waals surface area contributed by atoms with Crippen LogP contribution < -0.4 is 0 Å². The van der Waals surface area contributed by atoms with E-state index < -0.39 is 0 Å². The van der Waals surface area contributed by atoms with E-state index in [2.05, 4.69) is 4.98 Å². The molecule has 0 aliphatic heterocycles. The van der Waals surface area contributed by atoms with Gasteiger partial charge in [0.05, 0.1) is 16.3 Å². The summed E-state index contributed by atoms with van der Waals surface area (Å²) in [6.45, 7) is 3.81. The van der Waals surface area contributed by atoms with Gasteiger partial charge in [-0.1, -0.05) is 23.7 Å². The van der Waals surface area contributed by atoms with Gasteiger partial charge in [-0.25, -0.2) is 4.98 Å². The Morgan fingerprint density at radius 1 is 1.21 bits per heavy atom. The number of nitrogens with zero attached hydrogens (tertiary/aromatic N) is 1. The van der Waals surface area contributed by atoms with Crippen molar-refractivity contribution in [2.24, 2.45) is 0 Å². The van der Waals surface area contributed by atoms with Gasteiger partial charge in [0.2, 0.25) is 5.89 Å². The maximum Gasteiger partial charge on any atom is 0.227 e. The van der Waals surface area contributed by atoms with Gasteiger partial charge in [0, 0.05) is 0 Å². The van der Waals surface area contributed by atoms with Gasteiger partial charge in [-0.2, -0.15) is 0 Å². The van der Waals surface area contributed by atoms with Gasteiger partial charge in [0.25, 0.3) is 0 Å². The Bertz CT molecular complexity index is 443. The molecule has 72 valence electrons. The van der Waals surface area contributed by atoms with Gasteiger partial charge in [-0.05, 0) is 26.0 Å². The molecule has 1 aromatic carbocycles. The van der Waals surface area contributed by atoms with Crippen molar-refractivity contribution in [2.75, 3.05) is 0 Å². The second-order valence-electron chi connectivity index (χ2n) is 3.14. The zero-order valence-electron chi connectivity index (χ0n) is 8.04. The van der Waals surface area contributed by atoms with E-state index in [0.29, 0.717) is 10.9 Å². The molecular formula is C11H10ClNO. The molecular weight excluding hydrogens is 198 g/mol. The van der Waals surface area contributed by atoms with Crippen molar-refractivity contribution < 1.29 is 4.42 Å². The summed E-state index contributed by atoms with van der Waals surface area (Å²) < 4.78 is 5.49. The van der Waals surface area contributed by atoms with Gasteiger partial charge in [-0.15, -0.1) is 0 Å².